The van der Waals surface area contributed by atoms with E-state index in [0.29, 0.717) is 11.3 Å². The van der Waals surface area contributed by atoms with Crippen LogP contribution in [0.1, 0.15) is 33.6 Å². The Kier molecular flexibility index (Phi) is 8.70. The third-order valence-electron chi connectivity index (χ3n) is 5.00. The average Bonchev–Trinajstić information content (AvgIpc) is 3.04. The van der Waals surface area contributed by atoms with Crippen molar-refractivity contribution in [3.05, 3.63) is 0 Å². The largest absolute Gasteiger partial charge is 0.383 e. The summed E-state index contributed by atoms with van der Waals surface area (Å²) in [4.78, 5) is 10.0. The Labute approximate surface area is 152 Å². The third kappa shape index (κ3) is 5.81. The fourth-order valence-electron chi connectivity index (χ4n) is 3.49. The fourth-order valence-corrected chi connectivity index (χ4v) is 4.79. The zero-order chi connectivity index (χ0) is 17.4. The fraction of sp³-hybridized carbons (Fsp3) is 0.944. The first-order chi connectivity index (χ1) is 11.7. The first-order valence-corrected chi connectivity index (χ1v) is 10.6. The maximum Gasteiger partial charge on any atom is 0.194 e. The first kappa shape index (κ1) is 19.9. The zero-order valence-corrected chi connectivity index (χ0v) is 16.8. The van der Waals surface area contributed by atoms with Crippen molar-refractivity contribution in [1.29, 1.82) is 0 Å². The van der Waals surface area contributed by atoms with Crippen LogP contribution in [0.3, 0.4) is 0 Å². The second-order valence-electron chi connectivity index (χ2n) is 7.12. The SMILES string of the molecule is CCNC(=NCC1CCCN1CCOC)N1CCSC(C(C)C)C1. The predicted molar refractivity (Wildman–Crippen MR) is 105 cm³/mol. The second kappa shape index (κ2) is 10.5. The molecule has 24 heavy (non-hydrogen) atoms. The third-order valence-corrected chi connectivity index (χ3v) is 6.54. The Morgan fingerprint density at radius 1 is 1.38 bits per heavy atom. The van der Waals surface area contributed by atoms with Crippen molar-refractivity contribution in [2.75, 3.05) is 58.7 Å². The number of hydrogen-bond donors (Lipinski definition) is 1. The summed E-state index contributed by atoms with van der Waals surface area (Å²) in [5.41, 5.74) is 0. The highest BCUT2D eigenvalue weighted by atomic mass is 32.2. The summed E-state index contributed by atoms with van der Waals surface area (Å²) in [6, 6.07) is 0.578. The van der Waals surface area contributed by atoms with E-state index in [1.54, 1.807) is 7.11 Å². The van der Waals surface area contributed by atoms with E-state index in [-0.39, 0.29) is 0 Å². The van der Waals surface area contributed by atoms with Gasteiger partial charge in [0.05, 0.1) is 13.2 Å². The lowest BCUT2D eigenvalue weighted by atomic mass is 10.1. The van der Waals surface area contributed by atoms with Crippen molar-refractivity contribution in [2.24, 2.45) is 10.9 Å². The highest BCUT2D eigenvalue weighted by Gasteiger charge is 2.27. The summed E-state index contributed by atoms with van der Waals surface area (Å²) in [6.45, 7) is 13.9. The molecule has 0 aromatic heterocycles. The predicted octanol–water partition coefficient (Wildman–Crippen LogP) is 2.14. The van der Waals surface area contributed by atoms with Gasteiger partial charge in [0.15, 0.2) is 5.96 Å². The minimum atomic E-state index is 0.578. The molecular weight excluding hydrogens is 320 g/mol. The molecule has 0 radical (unpaired) electrons. The molecule has 2 atom stereocenters. The van der Waals surface area contributed by atoms with Crippen LogP contribution in [0.4, 0.5) is 0 Å². The Morgan fingerprint density at radius 3 is 2.92 bits per heavy atom. The standard InChI is InChI=1S/C18H36N4OS/c1-5-19-18(22-10-12-24-17(14-22)15(2)3)20-13-16-7-6-8-21(16)9-11-23-4/h15-17H,5-14H2,1-4H3,(H,19,20). The highest BCUT2D eigenvalue weighted by Crippen LogP contribution is 2.25. The summed E-state index contributed by atoms with van der Waals surface area (Å²) >= 11 is 2.12. The van der Waals surface area contributed by atoms with Gasteiger partial charge in [-0.05, 0) is 32.2 Å². The van der Waals surface area contributed by atoms with Crippen LogP contribution < -0.4 is 5.32 Å². The van der Waals surface area contributed by atoms with Gasteiger partial charge in [-0.3, -0.25) is 9.89 Å². The van der Waals surface area contributed by atoms with E-state index in [9.17, 15) is 0 Å². The number of aliphatic imine (C=N–C) groups is 1. The maximum absolute atomic E-state index is 5.25. The van der Waals surface area contributed by atoms with Crippen molar-refractivity contribution in [2.45, 2.75) is 44.9 Å². The van der Waals surface area contributed by atoms with E-state index in [4.69, 9.17) is 9.73 Å². The molecule has 2 aliphatic heterocycles. The van der Waals surface area contributed by atoms with Gasteiger partial charge in [0, 0.05) is 50.3 Å². The molecule has 2 fully saturated rings. The van der Waals surface area contributed by atoms with Gasteiger partial charge in [-0.1, -0.05) is 13.8 Å². The summed E-state index contributed by atoms with van der Waals surface area (Å²) in [6.07, 6.45) is 2.55. The number of nitrogens with one attached hydrogen (secondary N) is 1. The van der Waals surface area contributed by atoms with Gasteiger partial charge in [0.1, 0.15) is 0 Å². The molecule has 0 aliphatic carbocycles. The van der Waals surface area contributed by atoms with E-state index in [0.717, 1.165) is 51.2 Å². The summed E-state index contributed by atoms with van der Waals surface area (Å²) < 4.78 is 5.25. The van der Waals surface area contributed by atoms with Gasteiger partial charge in [0.2, 0.25) is 0 Å². The molecule has 0 aromatic carbocycles. The number of hydrogen-bond acceptors (Lipinski definition) is 4. The zero-order valence-electron chi connectivity index (χ0n) is 16.0. The Balaban J connectivity index is 1.94. The molecule has 0 spiro atoms. The molecule has 1 N–H and O–H groups in total. The number of nitrogens with zero attached hydrogens (tertiary/aromatic N) is 3. The number of guanidine groups is 1. The molecule has 0 saturated carbocycles. The lowest BCUT2D eigenvalue weighted by Gasteiger charge is -2.36. The molecule has 2 saturated heterocycles. The minimum Gasteiger partial charge on any atom is -0.383 e. The second-order valence-corrected chi connectivity index (χ2v) is 8.47. The van der Waals surface area contributed by atoms with Crippen LogP contribution in [-0.2, 0) is 4.74 Å². The van der Waals surface area contributed by atoms with Crippen molar-refractivity contribution in [1.82, 2.24) is 15.1 Å². The Bertz CT molecular complexity index is 391. The number of ether oxygens (including phenoxy) is 1. The van der Waals surface area contributed by atoms with E-state index in [1.165, 1.54) is 25.1 Å². The monoisotopic (exact) mass is 356 g/mol. The number of thioether (sulfide) groups is 1. The number of rotatable bonds is 7. The average molecular weight is 357 g/mol. The molecule has 2 rings (SSSR count). The summed E-state index contributed by atoms with van der Waals surface area (Å²) in [7, 11) is 1.78. The smallest absolute Gasteiger partial charge is 0.194 e. The van der Waals surface area contributed by atoms with Crippen molar-refractivity contribution in [3.8, 4) is 0 Å². The lowest BCUT2D eigenvalue weighted by molar-refractivity contribution is 0.142. The van der Waals surface area contributed by atoms with Crippen LogP contribution in [0.25, 0.3) is 0 Å². The van der Waals surface area contributed by atoms with E-state index in [2.05, 4.69) is 47.6 Å². The minimum absolute atomic E-state index is 0.578. The van der Waals surface area contributed by atoms with E-state index >= 15 is 0 Å². The van der Waals surface area contributed by atoms with Gasteiger partial charge >= 0.3 is 0 Å². The Hall–Kier alpha value is -0.460. The number of likely N-dealkylation sites (tertiary alicyclic amines) is 1. The molecule has 2 aliphatic rings. The van der Waals surface area contributed by atoms with Crippen LogP contribution in [-0.4, -0.2) is 85.8 Å². The van der Waals surface area contributed by atoms with Gasteiger partial charge in [-0.2, -0.15) is 11.8 Å². The van der Waals surface area contributed by atoms with Gasteiger partial charge in [0.25, 0.3) is 0 Å². The van der Waals surface area contributed by atoms with Crippen molar-refractivity contribution < 1.29 is 4.74 Å². The molecule has 5 nitrogen and oxygen atoms in total. The summed E-state index contributed by atoms with van der Waals surface area (Å²) in [5, 5.41) is 4.23. The van der Waals surface area contributed by atoms with Gasteiger partial charge in [-0.15, -0.1) is 0 Å². The normalized spacial score (nSPS) is 26.4. The quantitative estimate of drug-likeness (QED) is 0.559. The molecule has 2 heterocycles. The highest BCUT2D eigenvalue weighted by molar-refractivity contribution is 8.00. The Morgan fingerprint density at radius 2 is 2.21 bits per heavy atom. The lowest BCUT2D eigenvalue weighted by Crippen LogP contribution is -2.49. The van der Waals surface area contributed by atoms with E-state index in [1.807, 2.05) is 0 Å². The van der Waals surface area contributed by atoms with Gasteiger partial charge in [-0.25, -0.2) is 0 Å². The molecule has 6 heteroatoms. The van der Waals surface area contributed by atoms with Gasteiger partial charge < -0.3 is 15.0 Å². The van der Waals surface area contributed by atoms with Crippen LogP contribution in [0.5, 0.6) is 0 Å². The van der Waals surface area contributed by atoms with Crippen LogP contribution in [0, 0.1) is 5.92 Å². The molecule has 0 bridgehead atoms. The van der Waals surface area contributed by atoms with Crippen LogP contribution in [0.2, 0.25) is 0 Å². The maximum atomic E-state index is 5.25. The van der Waals surface area contributed by atoms with Crippen LogP contribution in [0.15, 0.2) is 4.99 Å². The molecule has 2 unspecified atom stereocenters. The summed E-state index contributed by atoms with van der Waals surface area (Å²) in [5.74, 6) is 3.04. The molecule has 0 amide bonds. The molecular formula is C18H36N4OS. The molecule has 0 aromatic rings. The topological polar surface area (TPSA) is 40.1 Å². The first-order valence-electron chi connectivity index (χ1n) is 9.53. The van der Waals surface area contributed by atoms with Crippen molar-refractivity contribution in [3.63, 3.8) is 0 Å². The molecule has 140 valence electrons. The number of methoxy groups -OCH3 is 1. The van der Waals surface area contributed by atoms with Crippen molar-refractivity contribution >= 4 is 17.7 Å². The van der Waals surface area contributed by atoms with E-state index < -0.39 is 0 Å². The van der Waals surface area contributed by atoms with Crippen LogP contribution >= 0.6 is 11.8 Å².